The first-order valence-electron chi connectivity index (χ1n) is 8.36. The van der Waals surface area contributed by atoms with Gasteiger partial charge >= 0.3 is 0 Å². The molecule has 0 aliphatic rings. The summed E-state index contributed by atoms with van der Waals surface area (Å²) in [5, 5.41) is 9.67. The van der Waals surface area contributed by atoms with E-state index in [0.29, 0.717) is 33.7 Å². The Bertz CT molecular complexity index is 954. The summed E-state index contributed by atoms with van der Waals surface area (Å²) in [5.74, 6) is 0.891. The van der Waals surface area contributed by atoms with Crippen LogP contribution in [0.1, 0.15) is 20.9 Å². The number of thiophene rings is 1. The molecule has 0 bridgehead atoms. The molecular weight excluding hydrogens is 398 g/mol. The van der Waals surface area contributed by atoms with Crippen LogP contribution in [0.15, 0.2) is 41.1 Å². The number of carbonyl (C=O) groups excluding carboxylic acids is 2. The van der Waals surface area contributed by atoms with E-state index in [0.717, 1.165) is 5.56 Å². The van der Waals surface area contributed by atoms with Crippen LogP contribution >= 0.6 is 22.7 Å². The van der Waals surface area contributed by atoms with Crippen LogP contribution in [0.2, 0.25) is 0 Å². The van der Waals surface area contributed by atoms with E-state index < -0.39 is 0 Å². The molecule has 0 radical (unpaired) electrons. The molecule has 3 rings (SSSR count). The maximum atomic E-state index is 12.2. The standard InChI is InChI=1S/C19H19N3O4S2/c1-25-14-6-5-12(8-15(14)26-2)10-20-17(23)9-13-11-28-19(21-13)22-18(24)16-4-3-7-27-16/h3-8,11H,9-10H2,1-2H3,(H,20,23)(H,21,22,24). The molecule has 0 fully saturated rings. The van der Waals surface area contributed by atoms with E-state index in [1.807, 2.05) is 23.6 Å². The number of aromatic nitrogens is 1. The molecule has 3 aromatic rings. The van der Waals surface area contributed by atoms with Gasteiger partial charge in [-0.25, -0.2) is 4.98 Å². The van der Waals surface area contributed by atoms with Gasteiger partial charge in [0.15, 0.2) is 16.6 Å². The van der Waals surface area contributed by atoms with Crippen molar-refractivity contribution in [2.75, 3.05) is 19.5 Å². The molecule has 0 spiro atoms. The van der Waals surface area contributed by atoms with Crippen molar-refractivity contribution in [3.63, 3.8) is 0 Å². The van der Waals surface area contributed by atoms with E-state index in [1.54, 1.807) is 31.7 Å². The highest BCUT2D eigenvalue weighted by atomic mass is 32.1. The Morgan fingerprint density at radius 3 is 2.64 bits per heavy atom. The lowest BCUT2D eigenvalue weighted by molar-refractivity contribution is -0.120. The number of nitrogens with zero attached hydrogens (tertiary/aromatic N) is 1. The van der Waals surface area contributed by atoms with Gasteiger partial charge < -0.3 is 14.8 Å². The first-order chi connectivity index (χ1) is 13.6. The largest absolute Gasteiger partial charge is 0.493 e. The van der Waals surface area contributed by atoms with Crippen LogP contribution in [0.5, 0.6) is 11.5 Å². The van der Waals surface area contributed by atoms with Crippen LogP contribution in [0.4, 0.5) is 5.13 Å². The zero-order valence-electron chi connectivity index (χ0n) is 15.4. The van der Waals surface area contributed by atoms with Crippen LogP contribution in [0.3, 0.4) is 0 Å². The molecule has 1 aromatic carbocycles. The van der Waals surface area contributed by atoms with Gasteiger partial charge in [0.1, 0.15) is 0 Å². The Morgan fingerprint density at radius 2 is 1.93 bits per heavy atom. The Labute approximate surface area is 170 Å². The molecule has 28 heavy (non-hydrogen) atoms. The van der Waals surface area contributed by atoms with Gasteiger partial charge in [0.2, 0.25) is 5.91 Å². The first-order valence-corrected chi connectivity index (χ1v) is 10.1. The Morgan fingerprint density at radius 1 is 1.11 bits per heavy atom. The third-order valence-corrected chi connectivity index (χ3v) is 5.47. The molecule has 0 aliphatic carbocycles. The Balaban J connectivity index is 1.51. The zero-order chi connectivity index (χ0) is 19.9. The fraction of sp³-hybridized carbons (Fsp3) is 0.211. The van der Waals surface area contributed by atoms with Crippen molar-refractivity contribution in [2.45, 2.75) is 13.0 Å². The summed E-state index contributed by atoms with van der Waals surface area (Å²) in [5.41, 5.74) is 1.50. The summed E-state index contributed by atoms with van der Waals surface area (Å²) in [4.78, 5) is 29.1. The summed E-state index contributed by atoms with van der Waals surface area (Å²) >= 11 is 2.65. The molecule has 0 saturated carbocycles. The zero-order valence-corrected chi connectivity index (χ0v) is 17.0. The molecule has 2 N–H and O–H groups in total. The van der Waals surface area contributed by atoms with Crippen molar-refractivity contribution >= 4 is 39.6 Å². The van der Waals surface area contributed by atoms with E-state index in [1.165, 1.54) is 22.7 Å². The van der Waals surface area contributed by atoms with E-state index >= 15 is 0 Å². The van der Waals surface area contributed by atoms with Crippen LogP contribution in [0.25, 0.3) is 0 Å². The second-order valence-electron chi connectivity index (χ2n) is 5.72. The molecule has 146 valence electrons. The smallest absolute Gasteiger partial charge is 0.267 e. The summed E-state index contributed by atoms with van der Waals surface area (Å²) in [6.45, 7) is 0.366. The van der Waals surface area contributed by atoms with Crippen molar-refractivity contribution in [1.82, 2.24) is 10.3 Å². The highest BCUT2D eigenvalue weighted by molar-refractivity contribution is 7.14. The van der Waals surface area contributed by atoms with E-state index in [9.17, 15) is 9.59 Å². The molecule has 0 unspecified atom stereocenters. The van der Waals surface area contributed by atoms with Gasteiger partial charge in [0.05, 0.1) is 31.2 Å². The van der Waals surface area contributed by atoms with E-state index in [-0.39, 0.29) is 18.2 Å². The van der Waals surface area contributed by atoms with Gasteiger partial charge in [-0.1, -0.05) is 12.1 Å². The molecule has 0 saturated heterocycles. The fourth-order valence-electron chi connectivity index (χ4n) is 2.43. The number of hydrogen-bond donors (Lipinski definition) is 2. The number of carbonyl (C=O) groups is 2. The SMILES string of the molecule is COc1ccc(CNC(=O)Cc2csc(NC(=O)c3cccs3)n2)cc1OC. The van der Waals surface area contributed by atoms with Crippen LogP contribution in [0, 0.1) is 0 Å². The summed E-state index contributed by atoms with van der Waals surface area (Å²) in [7, 11) is 3.14. The average molecular weight is 418 g/mol. The lowest BCUT2D eigenvalue weighted by atomic mass is 10.2. The number of benzene rings is 1. The lowest BCUT2D eigenvalue weighted by Crippen LogP contribution is -2.24. The second kappa shape index (κ2) is 9.34. The van der Waals surface area contributed by atoms with E-state index in [4.69, 9.17) is 9.47 Å². The molecule has 9 heteroatoms. The van der Waals surface area contributed by atoms with Crippen molar-refractivity contribution in [3.05, 3.63) is 57.2 Å². The first kappa shape index (κ1) is 19.8. The molecule has 2 amide bonds. The monoisotopic (exact) mass is 417 g/mol. The minimum absolute atomic E-state index is 0.138. The van der Waals surface area contributed by atoms with E-state index in [2.05, 4.69) is 15.6 Å². The molecule has 7 nitrogen and oxygen atoms in total. The number of rotatable bonds is 8. The number of anilines is 1. The lowest BCUT2D eigenvalue weighted by Gasteiger charge is -2.10. The maximum absolute atomic E-state index is 12.2. The molecule has 2 heterocycles. The number of hydrogen-bond acceptors (Lipinski definition) is 7. The molecule has 0 aliphatic heterocycles. The topological polar surface area (TPSA) is 89.6 Å². The maximum Gasteiger partial charge on any atom is 0.267 e. The van der Waals surface area contributed by atoms with Gasteiger partial charge in [-0.05, 0) is 29.1 Å². The van der Waals surface area contributed by atoms with Crippen molar-refractivity contribution < 1.29 is 19.1 Å². The van der Waals surface area contributed by atoms with Gasteiger partial charge in [0, 0.05) is 11.9 Å². The third kappa shape index (κ3) is 5.08. The quantitative estimate of drug-likeness (QED) is 0.587. The predicted octanol–water partition coefficient (Wildman–Crippen LogP) is 3.33. The van der Waals surface area contributed by atoms with Gasteiger partial charge in [-0.3, -0.25) is 14.9 Å². The highest BCUT2D eigenvalue weighted by Gasteiger charge is 2.12. The third-order valence-electron chi connectivity index (χ3n) is 3.80. The molecule has 0 atom stereocenters. The second-order valence-corrected chi connectivity index (χ2v) is 7.52. The summed E-state index contributed by atoms with van der Waals surface area (Å²) in [6.07, 6.45) is 0.138. The predicted molar refractivity (Wildman–Crippen MR) is 109 cm³/mol. The van der Waals surface area contributed by atoms with Crippen LogP contribution in [-0.2, 0) is 17.8 Å². The molecule has 2 aromatic heterocycles. The van der Waals surface area contributed by atoms with Crippen LogP contribution in [-0.4, -0.2) is 31.0 Å². The Kier molecular flexibility index (Phi) is 6.62. The highest BCUT2D eigenvalue weighted by Crippen LogP contribution is 2.27. The van der Waals surface area contributed by atoms with Crippen LogP contribution < -0.4 is 20.1 Å². The normalized spacial score (nSPS) is 10.4. The molecular formula is C19H19N3O4S2. The number of methoxy groups -OCH3 is 2. The van der Waals surface area contributed by atoms with Crippen molar-refractivity contribution in [3.8, 4) is 11.5 Å². The summed E-state index contributed by atoms with van der Waals surface area (Å²) in [6, 6.07) is 9.04. The van der Waals surface area contributed by atoms with Crippen molar-refractivity contribution in [2.24, 2.45) is 0 Å². The van der Waals surface area contributed by atoms with Gasteiger partial charge in [-0.15, -0.1) is 22.7 Å². The number of ether oxygens (including phenoxy) is 2. The fourth-order valence-corrected chi connectivity index (χ4v) is 3.75. The summed E-state index contributed by atoms with van der Waals surface area (Å²) < 4.78 is 10.5. The van der Waals surface area contributed by atoms with Crippen molar-refractivity contribution in [1.29, 1.82) is 0 Å². The minimum Gasteiger partial charge on any atom is -0.493 e. The van der Waals surface area contributed by atoms with Gasteiger partial charge in [-0.2, -0.15) is 0 Å². The number of nitrogens with one attached hydrogen (secondary N) is 2. The number of thiazole rings is 1. The minimum atomic E-state index is -0.200. The number of amides is 2. The Hall–Kier alpha value is -2.91. The van der Waals surface area contributed by atoms with Gasteiger partial charge in [0.25, 0.3) is 5.91 Å². The average Bonchev–Trinajstić information content (AvgIpc) is 3.38.